The molecule has 0 saturated heterocycles. The van der Waals surface area contributed by atoms with Crippen molar-refractivity contribution in [1.82, 2.24) is 9.88 Å². The van der Waals surface area contributed by atoms with E-state index in [0.717, 1.165) is 36.3 Å². The van der Waals surface area contributed by atoms with Crippen LogP contribution in [0.2, 0.25) is 0 Å². The van der Waals surface area contributed by atoms with Crippen molar-refractivity contribution in [2.24, 2.45) is 5.73 Å². The summed E-state index contributed by atoms with van der Waals surface area (Å²) in [6.45, 7) is 9.43. The van der Waals surface area contributed by atoms with Gasteiger partial charge in [-0.2, -0.15) is 0 Å². The summed E-state index contributed by atoms with van der Waals surface area (Å²) in [5.41, 5.74) is 9.99. The van der Waals surface area contributed by atoms with Gasteiger partial charge in [-0.05, 0) is 38.3 Å². The first-order valence-electron chi connectivity index (χ1n) is 8.68. The average Bonchev–Trinajstić information content (AvgIpc) is 2.88. The zero-order chi connectivity index (χ0) is 17.7. The smallest absolute Gasteiger partial charge is 0.253 e. The lowest BCUT2D eigenvalue weighted by Gasteiger charge is -2.26. The number of rotatable bonds is 7. The molecule has 1 heterocycles. The maximum atomic E-state index is 12.6. The molecule has 0 aliphatic rings. The summed E-state index contributed by atoms with van der Waals surface area (Å²) in [6.07, 6.45) is 1.69. The standard InChI is InChI=1S/C20H29N3O/c1-5-20(21,6-2)14-22-19(24)18-12-15(3)23(16(18)4)13-17-10-8-7-9-11-17/h7-12H,5-6,13-14,21H2,1-4H3,(H,22,24). The molecule has 0 fully saturated rings. The molecule has 0 spiro atoms. The van der Waals surface area contributed by atoms with Crippen molar-refractivity contribution in [3.05, 3.63) is 58.9 Å². The van der Waals surface area contributed by atoms with E-state index in [2.05, 4.69) is 35.9 Å². The van der Waals surface area contributed by atoms with Crippen LogP contribution in [0, 0.1) is 13.8 Å². The van der Waals surface area contributed by atoms with Gasteiger partial charge in [0.05, 0.1) is 5.56 Å². The summed E-state index contributed by atoms with van der Waals surface area (Å²) in [5, 5.41) is 3.01. The molecular formula is C20H29N3O. The van der Waals surface area contributed by atoms with Crippen LogP contribution < -0.4 is 11.1 Å². The Morgan fingerprint density at radius 2 is 1.79 bits per heavy atom. The molecule has 0 bridgehead atoms. The number of amides is 1. The van der Waals surface area contributed by atoms with Crippen LogP contribution in [0.25, 0.3) is 0 Å². The molecule has 0 unspecified atom stereocenters. The summed E-state index contributed by atoms with van der Waals surface area (Å²) in [4.78, 5) is 12.6. The molecule has 2 aromatic rings. The average molecular weight is 327 g/mol. The van der Waals surface area contributed by atoms with E-state index >= 15 is 0 Å². The predicted molar refractivity (Wildman–Crippen MR) is 99.3 cm³/mol. The normalized spacial score (nSPS) is 11.5. The monoisotopic (exact) mass is 327 g/mol. The fourth-order valence-electron chi connectivity index (χ4n) is 2.89. The molecule has 0 aliphatic carbocycles. The predicted octanol–water partition coefficient (Wildman–Crippen LogP) is 3.40. The molecule has 2 rings (SSSR count). The highest BCUT2D eigenvalue weighted by molar-refractivity contribution is 5.95. The first kappa shape index (κ1) is 18.3. The van der Waals surface area contributed by atoms with Crippen molar-refractivity contribution >= 4 is 5.91 Å². The summed E-state index contributed by atoms with van der Waals surface area (Å²) < 4.78 is 2.18. The van der Waals surface area contributed by atoms with E-state index in [1.165, 1.54) is 5.56 Å². The number of hydrogen-bond donors (Lipinski definition) is 2. The van der Waals surface area contributed by atoms with Crippen LogP contribution in [-0.2, 0) is 6.54 Å². The third-order valence-electron chi connectivity index (χ3n) is 5.01. The molecule has 0 radical (unpaired) electrons. The van der Waals surface area contributed by atoms with Crippen molar-refractivity contribution < 1.29 is 4.79 Å². The van der Waals surface area contributed by atoms with Crippen LogP contribution in [0.15, 0.2) is 36.4 Å². The Morgan fingerprint density at radius 3 is 2.38 bits per heavy atom. The lowest BCUT2D eigenvalue weighted by molar-refractivity contribution is 0.0941. The van der Waals surface area contributed by atoms with E-state index in [0.29, 0.717) is 6.54 Å². The summed E-state index contributed by atoms with van der Waals surface area (Å²) in [7, 11) is 0. The second kappa shape index (κ2) is 7.67. The van der Waals surface area contributed by atoms with Crippen LogP contribution in [0.3, 0.4) is 0 Å². The Balaban J connectivity index is 2.14. The number of aryl methyl sites for hydroxylation is 1. The zero-order valence-corrected chi connectivity index (χ0v) is 15.2. The second-order valence-corrected chi connectivity index (χ2v) is 6.61. The van der Waals surface area contributed by atoms with Crippen molar-refractivity contribution in [1.29, 1.82) is 0 Å². The highest BCUT2D eigenvalue weighted by Crippen LogP contribution is 2.18. The number of nitrogens with one attached hydrogen (secondary N) is 1. The van der Waals surface area contributed by atoms with Crippen molar-refractivity contribution in [2.45, 2.75) is 52.6 Å². The van der Waals surface area contributed by atoms with E-state index < -0.39 is 0 Å². The fourth-order valence-corrected chi connectivity index (χ4v) is 2.89. The van der Waals surface area contributed by atoms with Crippen LogP contribution >= 0.6 is 0 Å². The van der Waals surface area contributed by atoms with Gasteiger partial charge in [0, 0.05) is 30.0 Å². The van der Waals surface area contributed by atoms with Gasteiger partial charge in [0.15, 0.2) is 0 Å². The SMILES string of the molecule is CCC(N)(CC)CNC(=O)c1cc(C)n(Cc2ccccc2)c1C. The largest absolute Gasteiger partial charge is 0.350 e. The fraction of sp³-hybridized carbons (Fsp3) is 0.450. The quantitative estimate of drug-likeness (QED) is 0.819. The van der Waals surface area contributed by atoms with E-state index in [1.807, 2.05) is 38.1 Å². The topological polar surface area (TPSA) is 60.0 Å². The Kier molecular flexibility index (Phi) is 5.84. The van der Waals surface area contributed by atoms with Crippen molar-refractivity contribution in [3.8, 4) is 0 Å². The van der Waals surface area contributed by atoms with E-state index in [4.69, 9.17) is 5.73 Å². The Hall–Kier alpha value is -2.07. The molecule has 1 aromatic heterocycles. The number of benzene rings is 1. The zero-order valence-electron chi connectivity index (χ0n) is 15.2. The Bertz CT molecular complexity index is 684. The summed E-state index contributed by atoms with van der Waals surface area (Å²) in [6, 6.07) is 12.2. The number of carbonyl (C=O) groups excluding carboxylic acids is 1. The van der Waals surface area contributed by atoms with E-state index in [9.17, 15) is 4.79 Å². The van der Waals surface area contributed by atoms with Gasteiger partial charge in [-0.1, -0.05) is 44.2 Å². The molecule has 0 atom stereocenters. The first-order valence-corrected chi connectivity index (χ1v) is 8.68. The molecule has 1 aromatic carbocycles. The maximum Gasteiger partial charge on any atom is 0.253 e. The minimum Gasteiger partial charge on any atom is -0.350 e. The first-order chi connectivity index (χ1) is 11.4. The number of nitrogens with zero attached hydrogens (tertiary/aromatic N) is 1. The van der Waals surface area contributed by atoms with Crippen LogP contribution in [0.5, 0.6) is 0 Å². The van der Waals surface area contributed by atoms with Gasteiger partial charge in [-0.25, -0.2) is 0 Å². The molecule has 130 valence electrons. The molecule has 24 heavy (non-hydrogen) atoms. The van der Waals surface area contributed by atoms with Crippen LogP contribution in [0.1, 0.15) is 54.0 Å². The molecule has 0 saturated carbocycles. The highest BCUT2D eigenvalue weighted by Gasteiger charge is 2.22. The van der Waals surface area contributed by atoms with Crippen molar-refractivity contribution in [3.63, 3.8) is 0 Å². The second-order valence-electron chi connectivity index (χ2n) is 6.61. The molecule has 4 heteroatoms. The summed E-state index contributed by atoms with van der Waals surface area (Å²) in [5.74, 6) is -0.0425. The van der Waals surface area contributed by atoms with Gasteiger partial charge in [-0.15, -0.1) is 0 Å². The van der Waals surface area contributed by atoms with Crippen LogP contribution in [0.4, 0.5) is 0 Å². The van der Waals surface area contributed by atoms with Crippen LogP contribution in [-0.4, -0.2) is 22.6 Å². The number of aromatic nitrogens is 1. The lowest BCUT2D eigenvalue weighted by atomic mass is 9.94. The van der Waals surface area contributed by atoms with Crippen molar-refractivity contribution in [2.75, 3.05) is 6.54 Å². The molecular weight excluding hydrogens is 298 g/mol. The minimum absolute atomic E-state index is 0.0425. The van der Waals surface area contributed by atoms with Gasteiger partial charge in [0.1, 0.15) is 0 Å². The molecule has 4 nitrogen and oxygen atoms in total. The molecule has 1 amide bonds. The lowest BCUT2D eigenvalue weighted by Crippen LogP contribution is -2.49. The Labute approximate surface area is 145 Å². The highest BCUT2D eigenvalue weighted by atomic mass is 16.1. The summed E-state index contributed by atoms with van der Waals surface area (Å²) >= 11 is 0. The third kappa shape index (κ3) is 4.06. The maximum absolute atomic E-state index is 12.6. The number of hydrogen-bond acceptors (Lipinski definition) is 2. The number of carbonyl (C=O) groups is 1. The Morgan fingerprint density at radius 1 is 1.17 bits per heavy atom. The molecule has 0 aliphatic heterocycles. The van der Waals surface area contributed by atoms with Gasteiger partial charge < -0.3 is 15.6 Å². The van der Waals surface area contributed by atoms with E-state index in [1.54, 1.807) is 0 Å². The third-order valence-corrected chi connectivity index (χ3v) is 5.01. The van der Waals surface area contributed by atoms with Gasteiger partial charge in [0.25, 0.3) is 5.91 Å². The van der Waals surface area contributed by atoms with Gasteiger partial charge in [0.2, 0.25) is 0 Å². The van der Waals surface area contributed by atoms with Gasteiger partial charge in [-0.3, -0.25) is 4.79 Å². The molecule has 3 N–H and O–H groups in total. The van der Waals surface area contributed by atoms with E-state index in [-0.39, 0.29) is 11.4 Å². The minimum atomic E-state index is -0.328. The van der Waals surface area contributed by atoms with Gasteiger partial charge >= 0.3 is 0 Å². The number of nitrogens with two attached hydrogens (primary N) is 1.